The van der Waals surface area contributed by atoms with E-state index in [2.05, 4.69) is 0 Å². The number of alkyl halides is 3. The lowest BCUT2D eigenvalue weighted by molar-refractivity contribution is -0.139. The van der Waals surface area contributed by atoms with Gasteiger partial charge in [0.05, 0.1) is 5.56 Å². The highest BCUT2D eigenvalue weighted by Gasteiger charge is 2.33. The van der Waals surface area contributed by atoms with E-state index >= 15 is 0 Å². The zero-order valence-corrected chi connectivity index (χ0v) is 19.0. The summed E-state index contributed by atoms with van der Waals surface area (Å²) in [5.41, 5.74) is -0.476. The molecule has 168 valence electrons. The summed E-state index contributed by atoms with van der Waals surface area (Å²) in [5, 5.41) is 0. The first kappa shape index (κ1) is 24.6. The smallest absolute Gasteiger partial charge is 0.417 e. The minimum absolute atomic E-state index is 0.241. The molecule has 1 aliphatic heterocycles. The highest BCUT2D eigenvalue weighted by atomic mass is 32.2. The number of carbonyl (C=O) groups excluding carboxylic acids is 1. The third-order valence-electron chi connectivity index (χ3n) is 5.09. The van der Waals surface area contributed by atoms with Gasteiger partial charge in [0.15, 0.2) is 0 Å². The normalized spacial score (nSPS) is 16.3. The Morgan fingerprint density at radius 3 is 2.47 bits per heavy atom. The maximum Gasteiger partial charge on any atom is 0.417 e. The fraction of sp³-hybridized carbons (Fsp3) is 0.609. The van der Waals surface area contributed by atoms with Gasteiger partial charge in [-0.15, -0.1) is 11.8 Å². The van der Waals surface area contributed by atoms with Gasteiger partial charge in [-0.2, -0.15) is 13.2 Å². The second-order valence-corrected chi connectivity index (χ2v) is 9.55. The number of hydrogen-bond acceptors (Lipinski definition) is 3. The predicted molar refractivity (Wildman–Crippen MR) is 117 cm³/mol. The Morgan fingerprint density at radius 2 is 1.90 bits per heavy atom. The molecule has 0 atom stereocenters. The fourth-order valence-electron chi connectivity index (χ4n) is 3.53. The Bertz CT molecular complexity index is 733. The van der Waals surface area contributed by atoms with Crippen molar-refractivity contribution in [2.75, 3.05) is 19.3 Å². The summed E-state index contributed by atoms with van der Waals surface area (Å²) in [6.45, 7) is 7.04. The van der Waals surface area contributed by atoms with Crippen LogP contribution in [0.5, 0.6) is 0 Å². The molecule has 1 heterocycles. The van der Waals surface area contributed by atoms with Crippen molar-refractivity contribution in [2.24, 2.45) is 5.92 Å². The van der Waals surface area contributed by atoms with Crippen LogP contribution in [0.25, 0.3) is 6.08 Å². The Hall–Kier alpha value is -1.63. The van der Waals surface area contributed by atoms with Crippen LogP contribution >= 0.6 is 11.8 Å². The van der Waals surface area contributed by atoms with E-state index in [9.17, 15) is 18.0 Å². The summed E-state index contributed by atoms with van der Waals surface area (Å²) < 4.78 is 44.9. The van der Waals surface area contributed by atoms with Crippen LogP contribution in [0.1, 0.15) is 64.0 Å². The molecule has 3 nitrogen and oxygen atoms in total. The maximum atomic E-state index is 13.2. The average molecular weight is 444 g/mol. The first-order valence-corrected chi connectivity index (χ1v) is 11.6. The zero-order chi connectivity index (χ0) is 22.4. The van der Waals surface area contributed by atoms with E-state index in [0.717, 1.165) is 57.0 Å². The third-order valence-corrected chi connectivity index (χ3v) is 5.88. The van der Waals surface area contributed by atoms with Gasteiger partial charge in [-0.25, -0.2) is 4.79 Å². The molecule has 0 saturated carbocycles. The van der Waals surface area contributed by atoms with Gasteiger partial charge in [0.2, 0.25) is 0 Å². The Morgan fingerprint density at radius 1 is 1.23 bits per heavy atom. The molecule has 1 aromatic rings. The van der Waals surface area contributed by atoms with Crippen molar-refractivity contribution in [3.8, 4) is 0 Å². The Labute approximate surface area is 182 Å². The van der Waals surface area contributed by atoms with Gasteiger partial charge < -0.3 is 9.64 Å². The minimum atomic E-state index is -4.34. The summed E-state index contributed by atoms with van der Waals surface area (Å²) in [6.07, 6.45) is 5.60. The minimum Gasteiger partial charge on any atom is -0.444 e. The summed E-state index contributed by atoms with van der Waals surface area (Å²) in [7, 11) is 0. The van der Waals surface area contributed by atoms with Gasteiger partial charge in [0, 0.05) is 18.0 Å². The van der Waals surface area contributed by atoms with Crippen LogP contribution in [0.4, 0.5) is 18.0 Å². The molecule has 0 unspecified atom stereocenters. The van der Waals surface area contributed by atoms with Gasteiger partial charge in [-0.1, -0.05) is 24.6 Å². The number of benzene rings is 1. The molecule has 7 heteroatoms. The predicted octanol–water partition coefficient (Wildman–Crippen LogP) is 7.26. The molecule has 1 saturated heterocycles. The van der Waals surface area contributed by atoms with E-state index in [1.54, 1.807) is 23.3 Å². The molecule has 30 heavy (non-hydrogen) atoms. The molecule has 0 spiro atoms. The van der Waals surface area contributed by atoms with E-state index in [1.165, 1.54) is 12.1 Å². The van der Waals surface area contributed by atoms with E-state index in [4.69, 9.17) is 4.74 Å². The zero-order valence-electron chi connectivity index (χ0n) is 18.2. The molecule has 2 rings (SSSR count). The number of carbonyl (C=O) groups is 1. The van der Waals surface area contributed by atoms with Crippen molar-refractivity contribution in [3.05, 3.63) is 35.4 Å². The van der Waals surface area contributed by atoms with Crippen molar-refractivity contribution in [1.82, 2.24) is 4.90 Å². The lowest BCUT2D eigenvalue weighted by Crippen LogP contribution is -2.41. The standard InChI is InChI=1S/C23H32F3NO2S/c1-22(2,3)29-21(28)27-14-12-17(13-15-27)8-6-5-7-9-18-10-11-20(30-4)19(16-18)23(24,25)26/h7,9-11,16-17H,5-6,8,12-15H2,1-4H3/b9-7+. The number of allylic oxidation sites excluding steroid dienone is 1. The fourth-order valence-corrected chi connectivity index (χ4v) is 4.12. The highest BCUT2D eigenvalue weighted by molar-refractivity contribution is 7.98. The first-order chi connectivity index (χ1) is 14.0. The summed E-state index contributed by atoms with van der Waals surface area (Å²) in [6, 6.07) is 4.48. The third kappa shape index (κ3) is 7.89. The molecular weight excluding hydrogens is 411 g/mol. The number of hydrogen-bond donors (Lipinski definition) is 0. The largest absolute Gasteiger partial charge is 0.444 e. The number of nitrogens with zero attached hydrogens (tertiary/aromatic N) is 1. The lowest BCUT2D eigenvalue weighted by Gasteiger charge is -2.33. The van der Waals surface area contributed by atoms with E-state index in [1.807, 2.05) is 26.8 Å². The number of rotatable bonds is 6. The Balaban J connectivity index is 1.75. The number of unbranched alkanes of at least 4 members (excludes halogenated alkanes) is 1. The molecular formula is C23H32F3NO2S. The van der Waals surface area contributed by atoms with Crippen LogP contribution in [0.3, 0.4) is 0 Å². The number of amides is 1. The molecule has 0 aromatic heterocycles. The first-order valence-electron chi connectivity index (χ1n) is 10.4. The van der Waals surface area contributed by atoms with Crippen LogP contribution < -0.4 is 0 Å². The molecule has 0 radical (unpaired) electrons. The molecule has 0 aliphatic carbocycles. The van der Waals surface area contributed by atoms with Crippen molar-refractivity contribution in [2.45, 2.75) is 69.5 Å². The number of thioether (sulfide) groups is 1. The summed E-state index contributed by atoms with van der Waals surface area (Å²) >= 11 is 1.11. The van der Waals surface area contributed by atoms with E-state index in [0.29, 0.717) is 11.5 Å². The SMILES string of the molecule is CSc1ccc(/C=C/CCCC2CCN(C(=O)OC(C)(C)C)CC2)cc1C(F)(F)F. The highest BCUT2D eigenvalue weighted by Crippen LogP contribution is 2.36. The number of likely N-dealkylation sites (tertiary alicyclic amines) is 1. The molecule has 1 fully saturated rings. The van der Waals surface area contributed by atoms with Crippen molar-refractivity contribution < 1.29 is 22.7 Å². The van der Waals surface area contributed by atoms with Crippen LogP contribution in [-0.4, -0.2) is 35.9 Å². The molecule has 1 amide bonds. The van der Waals surface area contributed by atoms with Gasteiger partial charge in [-0.05, 0) is 76.3 Å². The number of piperidine rings is 1. The number of halogens is 3. The molecule has 0 bridgehead atoms. The lowest BCUT2D eigenvalue weighted by atomic mass is 9.91. The topological polar surface area (TPSA) is 29.5 Å². The molecule has 1 aromatic carbocycles. The quantitative estimate of drug-likeness (QED) is 0.342. The van der Waals surface area contributed by atoms with Crippen LogP contribution in [-0.2, 0) is 10.9 Å². The van der Waals surface area contributed by atoms with E-state index in [-0.39, 0.29) is 11.0 Å². The average Bonchev–Trinajstić information content (AvgIpc) is 2.66. The monoisotopic (exact) mass is 443 g/mol. The number of ether oxygens (including phenoxy) is 1. The second kappa shape index (κ2) is 10.6. The van der Waals surface area contributed by atoms with Crippen LogP contribution in [0.15, 0.2) is 29.2 Å². The second-order valence-electron chi connectivity index (χ2n) is 8.70. The van der Waals surface area contributed by atoms with Crippen molar-refractivity contribution in [3.63, 3.8) is 0 Å². The van der Waals surface area contributed by atoms with E-state index < -0.39 is 17.3 Å². The molecule has 0 N–H and O–H groups in total. The van der Waals surface area contributed by atoms with Crippen molar-refractivity contribution in [1.29, 1.82) is 0 Å². The summed E-state index contributed by atoms with van der Waals surface area (Å²) in [4.78, 5) is 14.1. The van der Waals surface area contributed by atoms with Gasteiger partial charge in [0.25, 0.3) is 0 Å². The van der Waals surface area contributed by atoms with Gasteiger partial charge in [0.1, 0.15) is 5.60 Å². The van der Waals surface area contributed by atoms with Crippen LogP contribution in [0.2, 0.25) is 0 Å². The maximum absolute atomic E-state index is 13.2. The van der Waals surface area contributed by atoms with Crippen molar-refractivity contribution >= 4 is 23.9 Å². The molecule has 1 aliphatic rings. The van der Waals surface area contributed by atoms with Gasteiger partial charge >= 0.3 is 12.3 Å². The van der Waals surface area contributed by atoms with Gasteiger partial charge in [-0.3, -0.25) is 0 Å². The van der Waals surface area contributed by atoms with Crippen LogP contribution in [0, 0.1) is 5.92 Å². The summed E-state index contributed by atoms with van der Waals surface area (Å²) in [5.74, 6) is 0.579. The Kier molecular flexibility index (Phi) is 8.71.